The zero-order valence-electron chi connectivity index (χ0n) is 9.82. The van der Waals surface area contributed by atoms with Crippen LogP contribution in [-0.2, 0) is 4.79 Å². The maximum atomic E-state index is 10.9. The fraction of sp³-hybridized carbons (Fsp3) is 0.308. The highest BCUT2D eigenvalue weighted by Gasteiger charge is 2.21. The van der Waals surface area contributed by atoms with Gasteiger partial charge in [-0.25, -0.2) is 0 Å². The zero-order chi connectivity index (χ0) is 12.3. The molecule has 3 nitrogen and oxygen atoms in total. The molecule has 16 heavy (non-hydrogen) atoms. The monoisotopic (exact) mass is 219 g/mol. The third-order valence-electron chi connectivity index (χ3n) is 2.31. The van der Waals surface area contributed by atoms with E-state index in [0.717, 1.165) is 11.1 Å². The van der Waals surface area contributed by atoms with Gasteiger partial charge in [0.25, 0.3) is 0 Å². The first-order valence-corrected chi connectivity index (χ1v) is 5.12. The molecule has 0 aromatic heterocycles. The molecule has 0 atom stereocenters. The molecule has 0 aliphatic carbocycles. The molecule has 0 saturated carbocycles. The van der Waals surface area contributed by atoms with E-state index < -0.39 is 11.5 Å². The predicted octanol–water partition coefficient (Wildman–Crippen LogP) is 1.63. The molecule has 0 bridgehead atoms. The van der Waals surface area contributed by atoms with Gasteiger partial charge < -0.3 is 10.8 Å². The molecular weight excluding hydrogens is 202 g/mol. The predicted molar refractivity (Wildman–Crippen MR) is 64.6 cm³/mol. The van der Waals surface area contributed by atoms with Crippen molar-refractivity contribution in [2.24, 2.45) is 5.73 Å². The molecule has 0 heterocycles. The molecule has 3 heteroatoms. The summed E-state index contributed by atoms with van der Waals surface area (Å²) in [6.07, 6.45) is 1.27. The molecule has 0 spiro atoms. The number of aryl methyl sites for hydroxylation is 1. The van der Waals surface area contributed by atoms with Crippen molar-refractivity contribution < 1.29 is 9.90 Å². The Kier molecular flexibility index (Phi) is 3.50. The third-order valence-corrected chi connectivity index (χ3v) is 2.31. The molecule has 1 amide bonds. The summed E-state index contributed by atoms with van der Waals surface area (Å²) in [7, 11) is 0. The number of primary amides is 1. The molecular formula is C13H17NO2. The summed E-state index contributed by atoms with van der Waals surface area (Å²) < 4.78 is 0. The van der Waals surface area contributed by atoms with E-state index in [2.05, 4.69) is 0 Å². The number of nitrogens with two attached hydrogens (primary N) is 1. The average molecular weight is 219 g/mol. The van der Waals surface area contributed by atoms with Crippen molar-refractivity contribution in [2.45, 2.75) is 26.4 Å². The standard InChI is InChI=1S/C13H17NO2/c1-9-4-6-10(7-5-9)11(8-12(14)15)13(2,3)16/h4-8,16H,1-3H3,(H2,14,15)/b11-8-. The molecule has 0 fully saturated rings. The SMILES string of the molecule is Cc1ccc(/C(=C/C(N)=O)C(C)(C)O)cc1. The van der Waals surface area contributed by atoms with Crippen LogP contribution >= 0.6 is 0 Å². The lowest BCUT2D eigenvalue weighted by Gasteiger charge is -2.22. The number of amides is 1. The van der Waals surface area contributed by atoms with E-state index in [1.165, 1.54) is 6.08 Å². The first-order chi connectivity index (χ1) is 7.30. The Bertz CT molecular complexity index is 411. The second kappa shape index (κ2) is 4.49. The molecule has 1 rings (SSSR count). The van der Waals surface area contributed by atoms with Crippen LogP contribution in [0.5, 0.6) is 0 Å². The van der Waals surface area contributed by atoms with E-state index in [4.69, 9.17) is 5.73 Å². The van der Waals surface area contributed by atoms with Gasteiger partial charge in [0.1, 0.15) is 0 Å². The van der Waals surface area contributed by atoms with Crippen molar-refractivity contribution >= 4 is 11.5 Å². The molecule has 1 aromatic carbocycles. The second-order valence-corrected chi connectivity index (χ2v) is 4.39. The lowest BCUT2D eigenvalue weighted by Crippen LogP contribution is -2.23. The molecule has 0 unspecified atom stereocenters. The van der Waals surface area contributed by atoms with E-state index in [-0.39, 0.29) is 0 Å². The lowest BCUT2D eigenvalue weighted by atomic mass is 9.90. The van der Waals surface area contributed by atoms with Gasteiger partial charge in [0.05, 0.1) is 5.60 Å². The number of hydrogen-bond acceptors (Lipinski definition) is 2. The topological polar surface area (TPSA) is 63.3 Å². The Morgan fingerprint density at radius 3 is 2.19 bits per heavy atom. The number of carbonyl (C=O) groups excluding carboxylic acids is 1. The Hall–Kier alpha value is -1.61. The summed E-state index contributed by atoms with van der Waals surface area (Å²) in [4.78, 5) is 10.9. The summed E-state index contributed by atoms with van der Waals surface area (Å²) >= 11 is 0. The Labute approximate surface area is 95.6 Å². The van der Waals surface area contributed by atoms with Gasteiger partial charge in [0.2, 0.25) is 5.91 Å². The fourth-order valence-corrected chi connectivity index (χ4v) is 1.49. The van der Waals surface area contributed by atoms with Crippen molar-refractivity contribution in [3.05, 3.63) is 41.5 Å². The Morgan fingerprint density at radius 2 is 1.81 bits per heavy atom. The van der Waals surface area contributed by atoms with Crippen LogP contribution in [0.15, 0.2) is 30.3 Å². The van der Waals surface area contributed by atoms with Crippen LogP contribution in [0.1, 0.15) is 25.0 Å². The smallest absolute Gasteiger partial charge is 0.241 e. The lowest BCUT2D eigenvalue weighted by molar-refractivity contribution is -0.113. The summed E-state index contributed by atoms with van der Waals surface area (Å²) in [5, 5.41) is 9.97. The number of benzene rings is 1. The first kappa shape index (κ1) is 12.5. The summed E-state index contributed by atoms with van der Waals surface area (Å²) in [6, 6.07) is 7.58. The quantitative estimate of drug-likeness (QED) is 0.759. The minimum atomic E-state index is -1.09. The van der Waals surface area contributed by atoms with Gasteiger partial charge in [-0.1, -0.05) is 29.8 Å². The molecule has 0 radical (unpaired) electrons. The van der Waals surface area contributed by atoms with Crippen LogP contribution in [0.25, 0.3) is 5.57 Å². The number of rotatable bonds is 3. The van der Waals surface area contributed by atoms with E-state index in [1.807, 2.05) is 31.2 Å². The van der Waals surface area contributed by atoms with Crippen LogP contribution in [0.4, 0.5) is 0 Å². The number of carbonyl (C=O) groups is 1. The number of aliphatic hydroxyl groups is 1. The highest BCUT2D eigenvalue weighted by Crippen LogP contribution is 2.26. The normalized spacial score (nSPS) is 12.6. The van der Waals surface area contributed by atoms with Gasteiger partial charge in [-0.15, -0.1) is 0 Å². The van der Waals surface area contributed by atoms with Gasteiger partial charge >= 0.3 is 0 Å². The summed E-state index contributed by atoms with van der Waals surface area (Å²) in [6.45, 7) is 5.23. The minimum absolute atomic E-state index is 0.528. The van der Waals surface area contributed by atoms with E-state index in [9.17, 15) is 9.90 Å². The van der Waals surface area contributed by atoms with Crippen LogP contribution in [0, 0.1) is 6.92 Å². The van der Waals surface area contributed by atoms with Crippen LogP contribution < -0.4 is 5.73 Å². The highest BCUT2D eigenvalue weighted by molar-refractivity contribution is 5.95. The van der Waals surface area contributed by atoms with Crippen molar-refractivity contribution in [3.8, 4) is 0 Å². The molecule has 86 valence electrons. The van der Waals surface area contributed by atoms with Gasteiger partial charge in [0.15, 0.2) is 0 Å². The third kappa shape index (κ3) is 3.21. The summed E-state index contributed by atoms with van der Waals surface area (Å²) in [5.74, 6) is -0.558. The fourth-order valence-electron chi connectivity index (χ4n) is 1.49. The van der Waals surface area contributed by atoms with Crippen molar-refractivity contribution in [1.29, 1.82) is 0 Å². The zero-order valence-corrected chi connectivity index (χ0v) is 9.82. The Balaban J connectivity index is 3.23. The maximum absolute atomic E-state index is 10.9. The highest BCUT2D eigenvalue weighted by atomic mass is 16.3. The molecule has 0 saturated heterocycles. The van der Waals surface area contributed by atoms with Gasteiger partial charge in [-0.3, -0.25) is 4.79 Å². The number of hydrogen-bond donors (Lipinski definition) is 2. The molecule has 3 N–H and O–H groups in total. The van der Waals surface area contributed by atoms with Gasteiger partial charge in [-0.05, 0) is 31.9 Å². The van der Waals surface area contributed by atoms with Crippen molar-refractivity contribution in [3.63, 3.8) is 0 Å². The van der Waals surface area contributed by atoms with E-state index in [0.29, 0.717) is 5.57 Å². The Morgan fingerprint density at radius 1 is 1.31 bits per heavy atom. The van der Waals surface area contributed by atoms with Gasteiger partial charge in [-0.2, -0.15) is 0 Å². The molecule has 0 aliphatic heterocycles. The van der Waals surface area contributed by atoms with Crippen LogP contribution in [0.2, 0.25) is 0 Å². The summed E-state index contributed by atoms with van der Waals surface area (Å²) in [5.41, 5.74) is 6.49. The van der Waals surface area contributed by atoms with E-state index in [1.54, 1.807) is 13.8 Å². The van der Waals surface area contributed by atoms with Crippen molar-refractivity contribution in [1.82, 2.24) is 0 Å². The van der Waals surface area contributed by atoms with Crippen LogP contribution in [0.3, 0.4) is 0 Å². The second-order valence-electron chi connectivity index (χ2n) is 4.39. The van der Waals surface area contributed by atoms with Crippen LogP contribution in [-0.4, -0.2) is 16.6 Å². The molecule has 0 aliphatic rings. The molecule has 1 aromatic rings. The average Bonchev–Trinajstić information content (AvgIpc) is 2.14. The first-order valence-electron chi connectivity index (χ1n) is 5.12. The van der Waals surface area contributed by atoms with Crippen molar-refractivity contribution in [2.75, 3.05) is 0 Å². The largest absolute Gasteiger partial charge is 0.386 e. The van der Waals surface area contributed by atoms with E-state index >= 15 is 0 Å². The minimum Gasteiger partial charge on any atom is -0.386 e. The maximum Gasteiger partial charge on any atom is 0.241 e. The van der Waals surface area contributed by atoms with Gasteiger partial charge in [0, 0.05) is 6.08 Å².